The third kappa shape index (κ3) is 1.86. The van der Waals surface area contributed by atoms with Crippen LogP contribution >= 0.6 is 0 Å². The minimum absolute atomic E-state index is 0.0819. The van der Waals surface area contributed by atoms with Gasteiger partial charge < -0.3 is 14.8 Å². The van der Waals surface area contributed by atoms with Gasteiger partial charge in [0.25, 0.3) is 0 Å². The van der Waals surface area contributed by atoms with Gasteiger partial charge in [-0.05, 0) is 37.1 Å². The van der Waals surface area contributed by atoms with E-state index in [0.29, 0.717) is 12.0 Å². The number of nitrogens with one attached hydrogen (secondary N) is 2. The standard InChI is InChI=1S/C18H20N4O2/c1-21-8-11(22-9-16(23)20-18(22)24)6-13-12-3-2-4-14-17(12)10(7-19-14)5-15(13)21/h2-4,7,11,13,15,19H,5-6,8-9H2,1H3,(H,20,23,24)/t11-,13?,15-/m1/s1. The average Bonchev–Trinajstić information content (AvgIpc) is 3.12. The number of piperidine rings is 1. The number of urea groups is 1. The molecule has 1 aliphatic carbocycles. The van der Waals surface area contributed by atoms with E-state index in [0.717, 1.165) is 19.4 Å². The fraction of sp³-hybridized carbons (Fsp3) is 0.444. The largest absolute Gasteiger partial charge is 0.361 e. The van der Waals surface area contributed by atoms with Crippen LogP contribution in [0.5, 0.6) is 0 Å². The Hall–Kier alpha value is -2.34. The van der Waals surface area contributed by atoms with Crippen LogP contribution in [0.2, 0.25) is 0 Å². The molecule has 2 N–H and O–H groups in total. The van der Waals surface area contributed by atoms with Crippen molar-refractivity contribution in [2.45, 2.75) is 30.8 Å². The SMILES string of the molecule is CN1C[C@H](N2CC(=O)NC2=O)CC2c3cccc4[nH]cc(c34)C[C@H]21. The molecule has 6 heteroatoms. The lowest BCUT2D eigenvalue weighted by Gasteiger charge is -2.47. The molecule has 124 valence electrons. The van der Waals surface area contributed by atoms with Crippen LogP contribution in [0.15, 0.2) is 24.4 Å². The molecule has 2 saturated heterocycles. The second kappa shape index (κ2) is 4.83. The third-order valence-electron chi connectivity index (χ3n) is 5.97. The Kier molecular flexibility index (Phi) is 2.83. The highest BCUT2D eigenvalue weighted by Crippen LogP contribution is 2.43. The second-order valence-corrected chi connectivity index (χ2v) is 7.27. The summed E-state index contributed by atoms with van der Waals surface area (Å²) in [6.07, 6.45) is 4.09. The lowest BCUT2D eigenvalue weighted by atomic mass is 9.74. The number of imide groups is 1. The topological polar surface area (TPSA) is 68.4 Å². The molecule has 0 spiro atoms. The summed E-state index contributed by atoms with van der Waals surface area (Å²) in [7, 11) is 2.14. The number of nitrogens with zero attached hydrogens (tertiary/aromatic N) is 2. The highest BCUT2D eigenvalue weighted by atomic mass is 16.2. The van der Waals surface area contributed by atoms with E-state index in [-0.39, 0.29) is 24.5 Å². The number of fused-ring (bicyclic) bond motifs is 2. The number of aromatic nitrogens is 1. The molecule has 2 aliphatic heterocycles. The minimum atomic E-state index is -0.242. The van der Waals surface area contributed by atoms with Gasteiger partial charge in [-0.25, -0.2) is 4.79 Å². The van der Waals surface area contributed by atoms with Crippen molar-refractivity contribution in [3.05, 3.63) is 35.5 Å². The molecule has 1 unspecified atom stereocenters. The van der Waals surface area contributed by atoms with E-state index >= 15 is 0 Å². The van der Waals surface area contributed by atoms with Gasteiger partial charge in [-0.2, -0.15) is 0 Å². The Bertz CT molecular complexity index is 858. The van der Waals surface area contributed by atoms with Gasteiger partial charge in [0.2, 0.25) is 5.91 Å². The maximum atomic E-state index is 12.1. The molecule has 2 fully saturated rings. The molecule has 0 bridgehead atoms. The quantitative estimate of drug-likeness (QED) is 0.780. The van der Waals surface area contributed by atoms with E-state index < -0.39 is 0 Å². The molecule has 1 aromatic heterocycles. The molecule has 3 heterocycles. The molecule has 24 heavy (non-hydrogen) atoms. The van der Waals surface area contributed by atoms with Crippen LogP contribution in [0, 0.1) is 0 Å². The van der Waals surface area contributed by atoms with E-state index in [1.54, 1.807) is 4.90 Å². The molecule has 1 aromatic carbocycles. The van der Waals surface area contributed by atoms with Gasteiger partial charge in [0.15, 0.2) is 0 Å². The summed E-state index contributed by atoms with van der Waals surface area (Å²) in [6.45, 7) is 1.01. The van der Waals surface area contributed by atoms with Crippen LogP contribution in [0.25, 0.3) is 10.9 Å². The van der Waals surface area contributed by atoms with Crippen LogP contribution in [0.3, 0.4) is 0 Å². The van der Waals surface area contributed by atoms with Crippen LogP contribution in [0.4, 0.5) is 4.79 Å². The number of aromatic amines is 1. The van der Waals surface area contributed by atoms with E-state index in [1.807, 2.05) is 0 Å². The van der Waals surface area contributed by atoms with Crippen molar-refractivity contribution in [1.82, 2.24) is 20.1 Å². The first kappa shape index (κ1) is 14.0. The first-order valence-corrected chi connectivity index (χ1v) is 8.51. The Morgan fingerprint density at radius 3 is 2.92 bits per heavy atom. The van der Waals surface area contributed by atoms with Crippen molar-refractivity contribution in [3.8, 4) is 0 Å². The number of amides is 3. The third-order valence-corrected chi connectivity index (χ3v) is 5.97. The molecule has 3 amide bonds. The molecule has 0 radical (unpaired) electrons. The normalized spacial score (nSPS) is 29.9. The molecule has 3 aliphatic rings. The van der Waals surface area contributed by atoms with Crippen molar-refractivity contribution in [2.24, 2.45) is 0 Å². The smallest absolute Gasteiger partial charge is 0.324 e. The van der Waals surface area contributed by atoms with Crippen molar-refractivity contribution in [3.63, 3.8) is 0 Å². The molecule has 2 aromatic rings. The van der Waals surface area contributed by atoms with E-state index in [9.17, 15) is 9.59 Å². The summed E-state index contributed by atoms with van der Waals surface area (Å²) >= 11 is 0. The van der Waals surface area contributed by atoms with Gasteiger partial charge in [0.05, 0.1) is 0 Å². The van der Waals surface area contributed by atoms with Gasteiger partial charge in [-0.3, -0.25) is 10.1 Å². The van der Waals surface area contributed by atoms with Gasteiger partial charge >= 0.3 is 6.03 Å². The number of carbonyl (C=O) groups excluding carboxylic acids is 2. The minimum Gasteiger partial charge on any atom is -0.361 e. The zero-order valence-electron chi connectivity index (χ0n) is 13.6. The molecule has 5 rings (SSSR count). The predicted octanol–water partition coefficient (Wildman–Crippen LogP) is 1.43. The lowest BCUT2D eigenvalue weighted by Crippen LogP contribution is -2.55. The fourth-order valence-corrected chi connectivity index (χ4v) is 4.89. The van der Waals surface area contributed by atoms with E-state index in [1.165, 1.54) is 22.0 Å². The lowest BCUT2D eigenvalue weighted by molar-refractivity contribution is -0.118. The maximum absolute atomic E-state index is 12.1. The number of hydrogen-bond donors (Lipinski definition) is 2. The van der Waals surface area contributed by atoms with Crippen LogP contribution in [-0.2, 0) is 11.2 Å². The van der Waals surface area contributed by atoms with E-state index in [2.05, 4.69) is 46.6 Å². The van der Waals surface area contributed by atoms with Gasteiger partial charge in [0, 0.05) is 41.6 Å². The van der Waals surface area contributed by atoms with Crippen LogP contribution < -0.4 is 5.32 Å². The number of carbonyl (C=O) groups is 2. The average molecular weight is 324 g/mol. The number of likely N-dealkylation sites (N-methyl/N-ethyl adjacent to an activating group) is 1. The van der Waals surface area contributed by atoms with Crippen molar-refractivity contribution < 1.29 is 9.59 Å². The zero-order valence-corrected chi connectivity index (χ0v) is 13.6. The first-order valence-electron chi connectivity index (χ1n) is 8.51. The summed E-state index contributed by atoms with van der Waals surface area (Å²) in [6, 6.07) is 6.75. The van der Waals surface area contributed by atoms with Crippen molar-refractivity contribution in [2.75, 3.05) is 20.1 Å². The van der Waals surface area contributed by atoms with Gasteiger partial charge in [-0.15, -0.1) is 0 Å². The Morgan fingerprint density at radius 1 is 1.25 bits per heavy atom. The molecule has 3 atom stereocenters. The molecular formula is C18H20N4O2. The number of rotatable bonds is 1. The fourth-order valence-electron chi connectivity index (χ4n) is 4.89. The van der Waals surface area contributed by atoms with Crippen molar-refractivity contribution in [1.29, 1.82) is 0 Å². The Labute approximate surface area is 139 Å². The van der Waals surface area contributed by atoms with Crippen LogP contribution in [-0.4, -0.2) is 58.9 Å². The Balaban J connectivity index is 1.54. The summed E-state index contributed by atoms with van der Waals surface area (Å²) in [5, 5.41) is 3.76. The summed E-state index contributed by atoms with van der Waals surface area (Å²) in [4.78, 5) is 31.1. The van der Waals surface area contributed by atoms with Crippen molar-refractivity contribution >= 4 is 22.8 Å². The first-order chi connectivity index (χ1) is 11.6. The second-order valence-electron chi connectivity index (χ2n) is 7.27. The predicted molar refractivity (Wildman–Crippen MR) is 89.8 cm³/mol. The number of likely N-dealkylation sites (tertiary alicyclic amines) is 1. The molecule has 6 nitrogen and oxygen atoms in total. The number of hydrogen-bond acceptors (Lipinski definition) is 3. The zero-order chi connectivity index (χ0) is 16.4. The highest BCUT2D eigenvalue weighted by molar-refractivity contribution is 6.02. The monoisotopic (exact) mass is 324 g/mol. The molecule has 0 saturated carbocycles. The maximum Gasteiger partial charge on any atom is 0.324 e. The van der Waals surface area contributed by atoms with Gasteiger partial charge in [0.1, 0.15) is 6.54 Å². The Morgan fingerprint density at radius 2 is 2.12 bits per heavy atom. The van der Waals surface area contributed by atoms with Crippen LogP contribution in [0.1, 0.15) is 23.5 Å². The van der Waals surface area contributed by atoms with E-state index in [4.69, 9.17) is 0 Å². The summed E-state index contributed by atoms with van der Waals surface area (Å²) < 4.78 is 0. The molecular weight excluding hydrogens is 304 g/mol. The summed E-state index contributed by atoms with van der Waals surface area (Å²) in [5.74, 6) is 0.202. The number of benzene rings is 1. The highest BCUT2D eigenvalue weighted by Gasteiger charge is 2.43. The summed E-state index contributed by atoms with van der Waals surface area (Å²) in [5.41, 5.74) is 3.96. The number of H-pyrrole nitrogens is 1. The van der Waals surface area contributed by atoms with Gasteiger partial charge in [-0.1, -0.05) is 12.1 Å².